The van der Waals surface area contributed by atoms with E-state index in [0.717, 1.165) is 0 Å². The first kappa shape index (κ1) is 16.2. The zero-order valence-electron chi connectivity index (χ0n) is 11.8. The van der Waals surface area contributed by atoms with Gasteiger partial charge in [0.2, 0.25) is 10.0 Å². The summed E-state index contributed by atoms with van der Waals surface area (Å²) >= 11 is 0. The molecule has 1 aromatic rings. The van der Waals surface area contributed by atoms with Gasteiger partial charge in [-0.1, -0.05) is 0 Å². The van der Waals surface area contributed by atoms with Crippen molar-refractivity contribution >= 4 is 10.0 Å². The molecule has 0 fully saturated rings. The molecule has 6 nitrogen and oxygen atoms in total. The van der Waals surface area contributed by atoms with Gasteiger partial charge in [0.05, 0.1) is 19.3 Å². The summed E-state index contributed by atoms with van der Waals surface area (Å²) in [5.74, 6) is 0. The molecule has 0 unspecified atom stereocenters. The molecular weight excluding hydrogens is 268 g/mol. The Hall–Kier alpha value is -0.890. The highest BCUT2D eigenvalue weighted by Crippen LogP contribution is 2.17. The monoisotopic (exact) mass is 290 g/mol. The van der Waals surface area contributed by atoms with E-state index in [0.29, 0.717) is 18.8 Å². The third-order valence-corrected chi connectivity index (χ3v) is 4.63. The van der Waals surface area contributed by atoms with Crippen molar-refractivity contribution in [1.29, 1.82) is 0 Å². The summed E-state index contributed by atoms with van der Waals surface area (Å²) in [6.45, 7) is 4.27. The van der Waals surface area contributed by atoms with Gasteiger partial charge in [-0.15, -0.1) is 0 Å². The number of aliphatic hydroxyl groups is 1. The van der Waals surface area contributed by atoms with Crippen LogP contribution in [0.15, 0.2) is 17.2 Å². The molecule has 7 heteroatoms. The van der Waals surface area contributed by atoms with Gasteiger partial charge in [0.25, 0.3) is 0 Å². The van der Waals surface area contributed by atoms with E-state index < -0.39 is 10.0 Å². The number of aliphatic hydroxyl groups excluding tert-OH is 1. The number of rotatable bonds is 7. The molecule has 0 saturated carbocycles. The molecule has 1 aromatic heterocycles. The van der Waals surface area contributed by atoms with Crippen LogP contribution in [0.2, 0.25) is 0 Å². The smallest absolute Gasteiger partial charge is 0.244 e. The normalized spacial score (nSPS) is 12.6. The van der Waals surface area contributed by atoms with Crippen molar-refractivity contribution in [2.45, 2.75) is 31.5 Å². The molecule has 0 atom stereocenters. The van der Waals surface area contributed by atoms with Gasteiger partial charge in [-0.05, 0) is 19.9 Å². The summed E-state index contributed by atoms with van der Waals surface area (Å²) in [4.78, 5) is 0.186. The van der Waals surface area contributed by atoms with Crippen LogP contribution in [0.5, 0.6) is 0 Å². The number of ether oxygens (including phenoxy) is 1. The van der Waals surface area contributed by atoms with Crippen LogP contribution >= 0.6 is 0 Å². The fourth-order valence-corrected chi connectivity index (χ4v) is 2.84. The third kappa shape index (κ3) is 4.04. The van der Waals surface area contributed by atoms with Gasteiger partial charge in [0.1, 0.15) is 4.90 Å². The highest BCUT2D eigenvalue weighted by Gasteiger charge is 2.22. The quantitative estimate of drug-likeness (QED) is 0.796. The number of hydrogen-bond donors (Lipinski definition) is 1. The lowest BCUT2D eigenvalue weighted by Crippen LogP contribution is -2.30. The van der Waals surface area contributed by atoms with Crippen molar-refractivity contribution in [3.8, 4) is 0 Å². The molecule has 0 aromatic carbocycles. The lowest BCUT2D eigenvalue weighted by Gasteiger charge is -2.17. The molecule has 0 spiro atoms. The number of hydrogen-bond acceptors (Lipinski definition) is 4. The summed E-state index contributed by atoms with van der Waals surface area (Å²) in [6.07, 6.45) is 1.58. The van der Waals surface area contributed by atoms with E-state index in [1.165, 1.54) is 23.6 Å². The molecule has 0 saturated heterocycles. The molecule has 0 aliphatic rings. The molecule has 1 heterocycles. The van der Waals surface area contributed by atoms with Crippen LogP contribution in [0, 0.1) is 0 Å². The predicted molar refractivity (Wildman–Crippen MR) is 72.2 cm³/mol. The average molecular weight is 290 g/mol. The Balaban J connectivity index is 2.78. The topological polar surface area (TPSA) is 71.8 Å². The number of likely N-dealkylation sites (N-methyl/N-ethyl adjacent to an activating group) is 1. The largest absolute Gasteiger partial charge is 0.390 e. The van der Waals surface area contributed by atoms with Crippen LogP contribution in [-0.4, -0.2) is 48.7 Å². The third-order valence-electron chi connectivity index (χ3n) is 2.81. The standard InChI is InChI=1S/C12H22N2O4S/c1-10(2)18-6-5-14(4)19(16,17)12-7-11(9-15)13(3)8-12/h7-8,10,15H,5-6,9H2,1-4H3. The van der Waals surface area contributed by atoms with Gasteiger partial charge < -0.3 is 14.4 Å². The van der Waals surface area contributed by atoms with E-state index in [2.05, 4.69) is 0 Å². The SMILES string of the molecule is CC(C)OCCN(C)S(=O)(=O)c1cc(CO)n(C)c1. The Morgan fingerprint density at radius 2 is 2.11 bits per heavy atom. The van der Waals surface area contributed by atoms with Gasteiger partial charge in [-0.2, -0.15) is 4.31 Å². The molecule has 0 radical (unpaired) electrons. The lowest BCUT2D eigenvalue weighted by atomic mass is 10.5. The second-order valence-corrected chi connectivity index (χ2v) is 6.73. The van der Waals surface area contributed by atoms with Crippen LogP contribution in [0.3, 0.4) is 0 Å². The Morgan fingerprint density at radius 3 is 2.58 bits per heavy atom. The highest BCUT2D eigenvalue weighted by molar-refractivity contribution is 7.89. The summed E-state index contributed by atoms with van der Waals surface area (Å²) < 4.78 is 32.7. The Bertz CT molecular complexity index is 508. The fourth-order valence-electron chi connectivity index (χ4n) is 1.59. The van der Waals surface area contributed by atoms with Crippen LogP contribution in [0.25, 0.3) is 0 Å². The number of sulfonamides is 1. The highest BCUT2D eigenvalue weighted by atomic mass is 32.2. The van der Waals surface area contributed by atoms with Crippen molar-refractivity contribution in [3.63, 3.8) is 0 Å². The lowest BCUT2D eigenvalue weighted by molar-refractivity contribution is 0.0737. The summed E-state index contributed by atoms with van der Waals surface area (Å²) in [7, 11) is -0.308. The van der Waals surface area contributed by atoms with Gasteiger partial charge in [-0.25, -0.2) is 8.42 Å². The Kier molecular flexibility index (Phi) is 5.54. The first-order valence-electron chi connectivity index (χ1n) is 6.13. The van der Waals surface area contributed by atoms with Gasteiger partial charge in [0, 0.05) is 32.5 Å². The summed E-state index contributed by atoms with van der Waals surface area (Å²) in [5.41, 5.74) is 0.561. The maximum Gasteiger partial charge on any atom is 0.244 e. The second-order valence-electron chi connectivity index (χ2n) is 4.68. The van der Waals surface area contributed by atoms with Gasteiger partial charge in [-0.3, -0.25) is 0 Å². The average Bonchev–Trinajstić information content (AvgIpc) is 2.70. The predicted octanol–water partition coefficient (Wildman–Crippen LogP) is 0.563. The summed E-state index contributed by atoms with van der Waals surface area (Å²) in [5, 5.41) is 9.09. The number of aromatic nitrogens is 1. The summed E-state index contributed by atoms with van der Waals surface area (Å²) in [6, 6.07) is 1.48. The van der Waals surface area contributed by atoms with E-state index in [-0.39, 0.29) is 17.6 Å². The minimum Gasteiger partial charge on any atom is -0.390 e. The van der Waals surface area contributed by atoms with E-state index in [1.54, 1.807) is 11.6 Å². The maximum absolute atomic E-state index is 12.3. The molecular formula is C12H22N2O4S. The van der Waals surface area contributed by atoms with Gasteiger partial charge in [0.15, 0.2) is 0 Å². The second kappa shape index (κ2) is 6.51. The Labute approximate surface area is 114 Å². The zero-order valence-corrected chi connectivity index (χ0v) is 12.6. The van der Waals surface area contributed by atoms with E-state index in [4.69, 9.17) is 9.84 Å². The molecule has 1 rings (SSSR count). The first-order valence-corrected chi connectivity index (χ1v) is 7.57. The molecule has 0 aliphatic heterocycles. The molecule has 0 aliphatic carbocycles. The minimum absolute atomic E-state index is 0.0776. The van der Waals surface area contributed by atoms with E-state index in [1.807, 2.05) is 13.8 Å². The maximum atomic E-state index is 12.3. The van der Waals surface area contributed by atoms with Crippen LogP contribution in [0.4, 0.5) is 0 Å². The van der Waals surface area contributed by atoms with Crippen molar-refractivity contribution in [1.82, 2.24) is 8.87 Å². The minimum atomic E-state index is -3.53. The molecule has 0 bridgehead atoms. The molecule has 0 amide bonds. The van der Waals surface area contributed by atoms with Crippen molar-refractivity contribution in [3.05, 3.63) is 18.0 Å². The van der Waals surface area contributed by atoms with E-state index >= 15 is 0 Å². The molecule has 19 heavy (non-hydrogen) atoms. The van der Waals surface area contributed by atoms with E-state index in [9.17, 15) is 8.42 Å². The van der Waals surface area contributed by atoms with Crippen LogP contribution in [0.1, 0.15) is 19.5 Å². The van der Waals surface area contributed by atoms with Crippen molar-refractivity contribution in [2.75, 3.05) is 20.2 Å². The van der Waals surface area contributed by atoms with Crippen LogP contribution in [-0.2, 0) is 28.4 Å². The van der Waals surface area contributed by atoms with Crippen molar-refractivity contribution in [2.24, 2.45) is 7.05 Å². The molecule has 1 N–H and O–H groups in total. The van der Waals surface area contributed by atoms with Crippen LogP contribution < -0.4 is 0 Å². The van der Waals surface area contributed by atoms with Crippen molar-refractivity contribution < 1.29 is 18.3 Å². The number of aryl methyl sites for hydroxylation is 1. The molecule has 110 valence electrons. The van der Waals surface area contributed by atoms with Gasteiger partial charge >= 0.3 is 0 Å². The Morgan fingerprint density at radius 1 is 1.47 bits per heavy atom. The fraction of sp³-hybridized carbons (Fsp3) is 0.667. The first-order chi connectivity index (χ1) is 8.78. The number of nitrogens with zero attached hydrogens (tertiary/aromatic N) is 2. The zero-order chi connectivity index (χ0) is 14.6.